The van der Waals surface area contributed by atoms with Gasteiger partial charge in [0, 0.05) is 11.7 Å². The number of benzene rings is 1. The minimum absolute atomic E-state index is 0.117. The first-order valence-electron chi connectivity index (χ1n) is 7.40. The number of anilines is 1. The van der Waals surface area contributed by atoms with Crippen molar-refractivity contribution in [2.45, 2.75) is 50.0 Å². The summed E-state index contributed by atoms with van der Waals surface area (Å²) in [5.74, 6) is 1.25. The molecule has 2 fully saturated rings. The van der Waals surface area contributed by atoms with Crippen LogP contribution in [0.15, 0.2) is 23.1 Å². The van der Waals surface area contributed by atoms with Crippen molar-refractivity contribution in [3.05, 3.63) is 23.8 Å². The summed E-state index contributed by atoms with van der Waals surface area (Å²) in [5.41, 5.74) is 7.45. The average Bonchev–Trinajstić information content (AvgIpc) is 3.00. The fourth-order valence-corrected chi connectivity index (χ4v) is 5.07. The number of nitrogens with one attached hydrogen (secondary N) is 1. The van der Waals surface area contributed by atoms with Gasteiger partial charge in [0.05, 0.1) is 4.90 Å². The second kappa shape index (κ2) is 5.04. The fraction of sp³-hybridized carbons (Fsp3) is 0.600. The lowest BCUT2D eigenvalue weighted by atomic mass is 9.96. The van der Waals surface area contributed by atoms with Crippen LogP contribution >= 0.6 is 0 Å². The second-order valence-corrected chi connectivity index (χ2v) is 7.83. The van der Waals surface area contributed by atoms with Crippen molar-refractivity contribution in [3.63, 3.8) is 0 Å². The monoisotopic (exact) mass is 294 g/mol. The van der Waals surface area contributed by atoms with E-state index in [-0.39, 0.29) is 10.9 Å². The Morgan fingerprint density at radius 3 is 2.65 bits per heavy atom. The minimum Gasteiger partial charge on any atom is -0.398 e. The van der Waals surface area contributed by atoms with E-state index in [1.165, 1.54) is 12.8 Å². The van der Waals surface area contributed by atoms with E-state index in [1.807, 2.05) is 13.0 Å². The summed E-state index contributed by atoms with van der Waals surface area (Å²) >= 11 is 0. The number of nitrogens with two attached hydrogens (primary N) is 1. The van der Waals surface area contributed by atoms with Gasteiger partial charge in [-0.15, -0.1) is 0 Å². The molecule has 3 unspecified atom stereocenters. The van der Waals surface area contributed by atoms with Crippen molar-refractivity contribution in [2.75, 3.05) is 5.73 Å². The molecule has 3 N–H and O–H groups in total. The molecule has 0 amide bonds. The molecule has 110 valence electrons. The molecule has 5 heteroatoms. The van der Waals surface area contributed by atoms with Crippen molar-refractivity contribution in [1.82, 2.24) is 4.72 Å². The highest BCUT2D eigenvalue weighted by Crippen LogP contribution is 2.44. The zero-order chi connectivity index (χ0) is 14.3. The Balaban J connectivity index is 1.79. The van der Waals surface area contributed by atoms with Crippen molar-refractivity contribution >= 4 is 15.7 Å². The van der Waals surface area contributed by atoms with Gasteiger partial charge >= 0.3 is 0 Å². The summed E-state index contributed by atoms with van der Waals surface area (Å²) < 4.78 is 27.8. The summed E-state index contributed by atoms with van der Waals surface area (Å²) in [6.45, 7) is 2.01. The topological polar surface area (TPSA) is 72.2 Å². The van der Waals surface area contributed by atoms with Crippen molar-refractivity contribution in [3.8, 4) is 0 Å². The molecule has 2 bridgehead atoms. The van der Waals surface area contributed by atoms with Crippen LogP contribution in [0.3, 0.4) is 0 Å². The number of fused-ring (bicyclic) bond motifs is 2. The van der Waals surface area contributed by atoms with E-state index in [0.717, 1.165) is 30.7 Å². The van der Waals surface area contributed by atoms with E-state index in [2.05, 4.69) is 4.72 Å². The maximum Gasteiger partial charge on any atom is 0.240 e. The molecule has 1 aromatic rings. The zero-order valence-corrected chi connectivity index (χ0v) is 12.6. The summed E-state index contributed by atoms with van der Waals surface area (Å²) in [6.07, 6.45) is 5.41. The number of sulfonamides is 1. The van der Waals surface area contributed by atoms with Crippen molar-refractivity contribution in [2.24, 2.45) is 11.8 Å². The maximum absolute atomic E-state index is 12.4. The predicted molar refractivity (Wildman–Crippen MR) is 79.8 cm³/mol. The Labute approximate surface area is 120 Å². The molecule has 0 spiro atoms. The van der Waals surface area contributed by atoms with Gasteiger partial charge in [0.2, 0.25) is 10.0 Å². The van der Waals surface area contributed by atoms with Crippen molar-refractivity contribution in [1.29, 1.82) is 0 Å². The third kappa shape index (κ3) is 2.44. The zero-order valence-electron chi connectivity index (χ0n) is 11.8. The molecule has 2 saturated carbocycles. The van der Waals surface area contributed by atoms with Gasteiger partial charge in [0.15, 0.2) is 0 Å². The molecule has 0 aliphatic heterocycles. The summed E-state index contributed by atoms with van der Waals surface area (Å²) in [4.78, 5) is 0.287. The van der Waals surface area contributed by atoms with Crippen LogP contribution in [-0.4, -0.2) is 14.5 Å². The standard InChI is InChI=1S/C15H22N2O2S/c1-2-11-5-6-13(9-14(11)16)20(18,19)17-15-8-10-3-4-12(15)7-10/h5-6,9-10,12,15,17H,2-4,7-8,16H2,1H3. The highest BCUT2D eigenvalue weighted by Gasteiger charge is 2.41. The Morgan fingerprint density at radius 2 is 2.10 bits per heavy atom. The molecule has 3 atom stereocenters. The molecular formula is C15H22N2O2S. The Bertz CT molecular complexity index is 612. The van der Waals surface area contributed by atoms with Gasteiger partial charge in [-0.3, -0.25) is 0 Å². The number of rotatable bonds is 4. The van der Waals surface area contributed by atoms with Gasteiger partial charge in [-0.2, -0.15) is 0 Å². The molecule has 2 aliphatic carbocycles. The first-order valence-corrected chi connectivity index (χ1v) is 8.88. The van der Waals surface area contributed by atoms with Crippen LogP contribution in [0.5, 0.6) is 0 Å². The molecule has 3 rings (SSSR count). The first-order chi connectivity index (χ1) is 9.49. The summed E-state index contributed by atoms with van der Waals surface area (Å²) in [5, 5.41) is 0. The normalized spacial score (nSPS) is 28.9. The fourth-order valence-electron chi connectivity index (χ4n) is 3.72. The maximum atomic E-state index is 12.4. The third-order valence-electron chi connectivity index (χ3n) is 4.85. The molecule has 20 heavy (non-hydrogen) atoms. The van der Waals surface area contributed by atoms with E-state index >= 15 is 0 Å². The van der Waals surface area contributed by atoms with Gasteiger partial charge in [-0.1, -0.05) is 19.4 Å². The number of nitrogen functional groups attached to an aromatic ring is 1. The Kier molecular flexibility index (Phi) is 3.50. The van der Waals surface area contributed by atoms with Gasteiger partial charge in [-0.25, -0.2) is 13.1 Å². The summed E-state index contributed by atoms with van der Waals surface area (Å²) in [7, 11) is -3.44. The van der Waals surface area contributed by atoms with E-state index < -0.39 is 10.0 Å². The lowest BCUT2D eigenvalue weighted by Crippen LogP contribution is -2.38. The third-order valence-corrected chi connectivity index (χ3v) is 6.34. The van der Waals surface area contributed by atoms with Crippen LogP contribution in [0.2, 0.25) is 0 Å². The Morgan fingerprint density at radius 1 is 1.30 bits per heavy atom. The lowest BCUT2D eigenvalue weighted by molar-refractivity contribution is 0.390. The highest BCUT2D eigenvalue weighted by molar-refractivity contribution is 7.89. The van der Waals surface area contributed by atoms with Crippen LogP contribution in [0.4, 0.5) is 5.69 Å². The van der Waals surface area contributed by atoms with E-state index in [4.69, 9.17) is 5.73 Å². The van der Waals surface area contributed by atoms with Crippen LogP contribution in [0.25, 0.3) is 0 Å². The molecule has 0 saturated heterocycles. The van der Waals surface area contributed by atoms with Crippen LogP contribution in [0.1, 0.15) is 38.2 Å². The van der Waals surface area contributed by atoms with Crippen LogP contribution in [-0.2, 0) is 16.4 Å². The molecule has 1 aromatic carbocycles. The number of hydrogen-bond donors (Lipinski definition) is 2. The molecule has 0 radical (unpaired) electrons. The highest BCUT2D eigenvalue weighted by atomic mass is 32.2. The smallest absolute Gasteiger partial charge is 0.240 e. The van der Waals surface area contributed by atoms with E-state index in [1.54, 1.807) is 12.1 Å². The molecule has 4 nitrogen and oxygen atoms in total. The second-order valence-electron chi connectivity index (χ2n) is 6.12. The Hall–Kier alpha value is -1.07. The van der Waals surface area contributed by atoms with E-state index in [0.29, 0.717) is 11.6 Å². The largest absolute Gasteiger partial charge is 0.398 e. The van der Waals surface area contributed by atoms with Gasteiger partial charge < -0.3 is 5.73 Å². The average molecular weight is 294 g/mol. The molecule has 0 heterocycles. The first kappa shape index (κ1) is 13.9. The number of hydrogen-bond acceptors (Lipinski definition) is 3. The summed E-state index contributed by atoms with van der Waals surface area (Å²) in [6, 6.07) is 5.16. The number of aryl methyl sites for hydroxylation is 1. The van der Waals surface area contributed by atoms with Gasteiger partial charge in [-0.05, 0) is 55.2 Å². The SMILES string of the molecule is CCc1ccc(S(=O)(=O)NC2CC3CCC2C3)cc1N. The van der Waals surface area contributed by atoms with Gasteiger partial charge in [0.25, 0.3) is 0 Å². The van der Waals surface area contributed by atoms with E-state index in [9.17, 15) is 8.42 Å². The molecular weight excluding hydrogens is 272 g/mol. The van der Waals surface area contributed by atoms with Crippen LogP contribution < -0.4 is 10.5 Å². The molecule has 0 aromatic heterocycles. The molecule has 2 aliphatic rings. The lowest BCUT2D eigenvalue weighted by Gasteiger charge is -2.22. The van der Waals surface area contributed by atoms with Crippen LogP contribution in [0, 0.1) is 11.8 Å². The predicted octanol–water partition coefficient (Wildman–Crippen LogP) is 2.30. The quantitative estimate of drug-likeness (QED) is 0.837. The van der Waals surface area contributed by atoms with Crippen molar-refractivity contribution < 1.29 is 8.42 Å². The minimum atomic E-state index is -3.44. The van der Waals surface area contributed by atoms with Gasteiger partial charge in [0.1, 0.15) is 0 Å².